The van der Waals surface area contributed by atoms with Crippen LogP contribution in [0.5, 0.6) is 5.75 Å². The number of benzene rings is 3. The molecule has 0 saturated carbocycles. The zero-order valence-electron chi connectivity index (χ0n) is 23.8. The number of halogens is 1. The second-order valence-electron chi connectivity index (χ2n) is 10.4. The minimum atomic E-state index is -0.0293. The highest BCUT2D eigenvalue weighted by molar-refractivity contribution is 8.26. The average Bonchev–Trinajstić information content (AvgIpc) is 3.55. The number of thioether (sulfide) groups is 1. The van der Waals surface area contributed by atoms with Crippen LogP contribution in [-0.4, -0.2) is 31.5 Å². The number of ether oxygens (including phenoxy) is 1. The van der Waals surface area contributed by atoms with Gasteiger partial charge in [0.15, 0.2) is 0 Å². The summed E-state index contributed by atoms with van der Waals surface area (Å²) in [5, 5.41) is 5.65. The Balaban J connectivity index is 1.44. The number of aromatic nitrogens is 2. The van der Waals surface area contributed by atoms with Gasteiger partial charge in [-0.05, 0) is 60.4 Å². The summed E-state index contributed by atoms with van der Waals surface area (Å²) >= 11 is 13.1. The summed E-state index contributed by atoms with van der Waals surface area (Å²) < 4.78 is 8.57. The Morgan fingerprint density at radius 1 is 1.05 bits per heavy atom. The highest BCUT2D eigenvalue weighted by atomic mass is 35.5. The predicted octanol–water partition coefficient (Wildman–Crippen LogP) is 9.19. The number of unbranched alkanes of at least 4 members (excludes halogenated alkanes) is 1. The van der Waals surface area contributed by atoms with Crippen LogP contribution in [0.25, 0.3) is 23.0 Å². The third-order valence-corrected chi connectivity index (χ3v) is 8.96. The highest BCUT2D eigenvalue weighted by Gasteiger charge is 2.33. The van der Waals surface area contributed by atoms with Crippen LogP contribution in [0.15, 0.2) is 90.0 Å². The molecular formula is C34H34ClN3O2S2. The largest absolute Gasteiger partial charge is 0.489 e. The third kappa shape index (κ3) is 7.33. The zero-order chi connectivity index (χ0) is 29.5. The van der Waals surface area contributed by atoms with Gasteiger partial charge in [0.1, 0.15) is 22.4 Å². The number of rotatable bonds is 12. The van der Waals surface area contributed by atoms with E-state index in [0.717, 1.165) is 59.5 Å². The monoisotopic (exact) mass is 615 g/mol. The molecule has 216 valence electrons. The fourth-order valence-electron chi connectivity index (χ4n) is 4.88. The molecule has 4 aromatic rings. The molecule has 1 aliphatic rings. The van der Waals surface area contributed by atoms with Crippen LogP contribution in [0.3, 0.4) is 0 Å². The number of amides is 1. The number of hydrogen-bond donors (Lipinski definition) is 0. The van der Waals surface area contributed by atoms with E-state index < -0.39 is 0 Å². The Kier molecular flexibility index (Phi) is 10.2. The van der Waals surface area contributed by atoms with Crippen LogP contribution in [0, 0.1) is 5.92 Å². The number of thiocarbonyl (C=S) groups is 1. The summed E-state index contributed by atoms with van der Waals surface area (Å²) in [5.41, 5.74) is 4.46. The topological polar surface area (TPSA) is 47.4 Å². The molecule has 8 heteroatoms. The minimum absolute atomic E-state index is 0.0293. The van der Waals surface area contributed by atoms with Crippen LogP contribution < -0.4 is 4.74 Å². The van der Waals surface area contributed by atoms with Crippen molar-refractivity contribution in [1.29, 1.82) is 0 Å². The molecule has 0 radical (unpaired) electrons. The van der Waals surface area contributed by atoms with Gasteiger partial charge in [0.2, 0.25) is 0 Å². The van der Waals surface area contributed by atoms with Crippen molar-refractivity contribution in [1.82, 2.24) is 14.7 Å². The number of carbonyl (C=O) groups excluding carboxylic acids is 1. The summed E-state index contributed by atoms with van der Waals surface area (Å²) in [6.07, 6.45) is 8.34. The van der Waals surface area contributed by atoms with Crippen molar-refractivity contribution in [2.75, 3.05) is 6.54 Å². The maximum Gasteiger partial charge on any atom is 0.266 e. The highest BCUT2D eigenvalue weighted by Crippen LogP contribution is 2.36. The third-order valence-electron chi connectivity index (χ3n) is 7.33. The fourth-order valence-corrected chi connectivity index (χ4v) is 6.28. The summed E-state index contributed by atoms with van der Waals surface area (Å²) in [7, 11) is 0. The van der Waals surface area contributed by atoms with E-state index in [1.54, 1.807) is 4.90 Å². The van der Waals surface area contributed by atoms with E-state index in [0.29, 0.717) is 33.3 Å². The molecule has 1 amide bonds. The van der Waals surface area contributed by atoms with E-state index in [-0.39, 0.29) is 5.91 Å². The Morgan fingerprint density at radius 3 is 2.57 bits per heavy atom. The van der Waals surface area contributed by atoms with Crippen molar-refractivity contribution >= 4 is 51.9 Å². The van der Waals surface area contributed by atoms with E-state index in [1.165, 1.54) is 11.8 Å². The summed E-state index contributed by atoms with van der Waals surface area (Å²) in [5.74, 6) is 1.14. The van der Waals surface area contributed by atoms with Crippen molar-refractivity contribution in [3.63, 3.8) is 0 Å². The van der Waals surface area contributed by atoms with Gasteiger partial charge >= 0.3 is 0 Å². The van der Waals surface area contributed by atoms with E-state index in [2.05, 4.69) is 13.8 Å². The van der Waals surface area contributed by atoms with Crippen molar-refractivity contribution in [2.24, 2.45) is 5.92 Å². The first-order chi connectivity index (χ1) is 20.4. The first-order valence-electron chi connectivity index (χ1n) is 14.3. The lowest BCUT2D eigenvalue weighted by Crippen LogP contribution is -2.33. The number of hydrogen-bond acceptors (Lipinski definition) is 5. The standard InChI is InChI=1S/C34H34ClN3O2S2/c1-3-5-10-24(4-2)21-37-33(39)31(42-34(37)41)20-27-22-38(29-12-7-6-8-13-29)36-32(27)26-11-9-14-30(19-26)40-23-25-15-17-28(35)18-16-25/h6-9,11-20,22,24H,3-5,10,21,23H2,1-2H3. The molecule has 5 rings (SSSR count). The molecule has 0 spiro atoms. The van der Waals surface area contributed by atoms with Gasteiger partial charge in [-0.15, -0.1) is 0 Å². The normalized spacial score (nSPS) is 15.0. The number of nitrogens with zero attached hydrogens (tertiary/aromatic N) is 3. The summed E-state index contributed by atoms with van der Waals surface area (Å²) in [6.45, 7) is 5.47. The second-order valence-corrected chi connectivity index (χ2v) is 12.5. The lowest BCUT2D eigenvalue weighted by Gasteiger charge is -2.21. The maximum absolute atomic E-state index is 13.6. The Bertz CT molecular complexity index is 1570. The minimum Gasteiger partial charge on any atom is -0.489 e. The van der Waals surface area contributed by atoms with Crippen LogP contribution in [0.2, 0.25) is 5.02 Å². The average molecular weight is 616 g/mol. The van der Waals surface area contributed by atoms with Crippen molar-refractivity contribution in [3.05, 3.63) is 106 Å². The van der Waals surface area contributed by atoms with E-state index in [1.807, 2.05) is 95.8 Å². The lowest BCUT2D eigenvalue weighted by atomic mass is 9.99. The molecule has 5 nitrogen and oxygen atoms in total. The molecule has 3 aromatic carbocycles. The van der Waals surface area contributed by atoms with Gasteiger partial charge in [0, 0.05) is 28.9 Å². The van der Waals surface area contributed by atoms with E-state index in [9.17, 15) is 4.79 Å². The van der Waals surface area contributed by atoms with E-state index in [4.69, 9.17) is 33.7 Å². The quantitative estimate of drug-likeness (QED) is 0.117. The van der Waals surface area contributed by atoms with Crippen LogP contribution in [-0.2, 0) is 11.4 Å². The van der Waals surface area contributed by atoms with Gasteiger partial charge in [0.05, 0.1) is 10.6 Å². The van der Waals surface area contributed by atoms with Crippen LogP contribution >= 0.6 is 35.6 Å². The van der Waals surface area contributed by atoms with Gasteiger partial charge in [-0.3, -0.25) is 9.69 Å². The van der Waals surface area contributed by atoms with Crippen molar-refractivity contribution in [2.45, 2.75) is 46.1 Å². The van der Waals surface area contributed by atoms with Gasteiger partial charge in [-0.25, -0.2) is 4.68 Å². The Morgan fingerprint density at radius 2 is 1.83 bits per heavy atom. The molecule has 2 heterocycles. The molecule has 1 unspecified atom stereocenters. The van der Waals surface area contributed by atoms with Crippen molar-refractivity contribution < 1.29 is 9.53 Å². The van der Waals surface area contributed by atoms with Gasteiger partial charge < -0.3 is 4.74 Å². The second kappa shape index (κ2) is 14.2. The molecule has 1 atom stereocenters. The molecule has 1 aliphatic heterocycles. The van der Waals surface area contributed by atoms with Gasteiger partial charge in [0.25, 0.3) is 5.91 Å². The van der Waals surface area contributed by atoms with Crippen LogP contribution in [0.4, 0.5) is 0 Å². The number of para-hydroxylation sites is 1. The smallest absolute Gasteiger partial charge is 0.266 e. The lowest BCUT2D eigenvalue weighted by molar-refractivity contribution is -0.122. The summed E-state index contributed by atoms with van der Waals surface area (Å²) in [4.78, 5) is 16.0. The first-order valence-corrected chi connectivity index (χ1v) is 15.9. The number of carbonyl (C=O) groups is 1. The maximum atomic E-state index is 13.6. The molecule has 0 bridgehead atoms. The molecule has 0 N–H and O–H groups in total. The molecule has 1 saturated heterocycles. The van der Waals surface area contributed by atoms with Gasteiger partial charge in [-0.1, -0.05) is 111 Å². The predicted molar refractivity (Wildman–Crippen MR) is 178 cm³/mol. The molecular weight excluding hydrogens is 582 g/mol. The van der Waals surface area contributed by atoms with E-state index >= 15 is 0 Å². The Labute approximate surface area is 262 Å². The first kappa shape index (κ1) is 30.1. The molecule has 0 aliphatic carbocycles. The summed E-state index contributed by atoms with van der Waals surface area (Å²) in [6, 6.07) is 25.5. The van der Waals surface area contributed by atoms with Crippen molar-refractivity contribution in [3.8, 4) is 22.7 Å². The molecule has 42 heavy (non-hydrogen) atoms. The zero-order valence-corrected chi connectivity index (χ0v) is 26.2. The SMILES string of the molecule is CCCCC(CC)CN1C(=O)C(=Cc2cn(-c3ccccc3)nc2-c2cccc(OCc3ccc(Cl)cc3)c2)SC1=S. The van der Waals surface area contributed by atoms with Crippen LogP contribution in [0.1, 0.15) is 50.7 Å². The molecule has 1 fully saturated rings. The van der Waals surface area contributed by atoms with Gasteiger partial charge in [-0.2, -0.15) is 5.10 Å². The fraction of sp³-hybridized carbons (Fsp3) is 0.265. The Hall–Kier alpha value is -3.39. The molecule has 1 aromatic heterocycles.